The van der Waals surface area contributed by atoms with E-state index in [-0.39, 0.29) is 11.2 Å². The van der Waals surface area contributed by atoms with Crippen molar-refractivity contribution in [1.29, 1.82) is 0 Å². The first-order chi connectivity index (χ1) is 8.12. The van der Waals surface area contributed by atoms with Gasteiger partial charge in [0.2, 0.25) is 0 Å². The van der Waals surface area contributed by atoms with Gasteiger partial charge in [-0.2, -0.15) is 0 Å². The highest BCUT2D eigenvalue weighted by molar-refractivity contribution is 9.10. The normalized spacial score (nSPS) is 34.8. The van der Waals surface area contributed by atoms with Gasteiger partial charge >= 0.3 is 0 Å². The zero-order valence-electron chi connectivity index (χ0n) is 9.56. The molecule has 1 aromatic rings. The van der Waals surface area contributed by atoms with Crippen LogP contribution in [0, 0.1) is 23.1 Å². The lowest BCUT2D eigenvalue weighted by atomic mass is 9.79. The minimum atomic E-state index is -0.185. The number of rotatable bonds is 3. The van der Waals surface area contributed by atoms with E-state index in [1.54, 1.807) is 6.07 Å². The lowest BCUT2D eigenvalue weighted by Gasteiger charge is -2.29. The van der Waals surface area contributed by atoms with E-state index < -0.39 is 0 Å². The van der Waals surface area contributed by atoms with Gasteiger partial charge in [-0.25, -0.2) is 4.39 Å². The lowest BCUT2D eigenvalue weighted by molar-refractivity contribution is 0.302. The van der Waals surface area contributed by atoms with Crippen LogP contribution in [-0.2, 0) is 6.42 Å². The van der Waals surface area contributed by atoms with Crippen molar-refractivity contribution in [2.45, 2.75) is 25.7 Å². The van der Waals surface area contributed by atoms with Crippen molar-refractivity contribution < 1.29 is 4.39 Å². The summed E-state index contributed by atoms with van der Waals surface area (Å²) in [6, 6.07) is 4.97. The molecule has 0 radical (unpaired) electrons. The molecule has 0 saturated heterocycles. The molecule has 2 saturated carbocycles. The second-order valence-corrected chi connectivity index (χ2v) is 6.83. The van der Waals surface area contributed by atoms with Crippen molar-refractivity contribution in [2.75, 3.05) is 5.88 Å². The topological polar surface area (TPSA) is 0 Å². The van der Waals surface area contributed by atoms with Crippen molar-refractivity contribution in [2.24, 2.45) is 17.3 Å². The number of halogens is 3. The Hall–Kier alpha value is -0.0800. The van der Waals surface area contributed by atoms with Gasteiger partial charge in [0.15, 0.2) is 0 Å². The molecule has 0 nitrogen and oxygen atoms in total. The zero-order chi connectivity index (χ0) is 12.0. The second kappa shape index (κ2) is 4.24. The van der Waals surface area contributed by atoms with E-state index in [4.69, 9.17) is 11.6 Å². The molecule has 0 bridgehead atoms. The highest BCUT2D eigenvalue weighted by Gasteiger charge is 2.53. The summed E-state index contributed by atoms with van der Waals surface area (Å²) in [5.74, 6) is 2.39. The standard InChI is InChI=1S/C14H15BrClF/c15-13-4-12(17)2-1-9(13)5-14(8-16)6-10-3-11(10)7-14/h1-2,4,10-11H,3,5-8H2. The Kier molecular flexibility index (Phi) is 2.99. The molecule has 2 atom stereocenters. The van der Waals surface area contributed by atoms with Gasteiger partial charge in [0, 0.05) is 10.4 Å². The van der Waals surface area contributed by atoms with E-state index in [9.17, 15) is 4.39 Å². The van der Waals surface area contributed by atoms with E-state index in [1.807, 2.05) is 6.07 Å². The van der Waals surface area contributed by atoms with Crippen LogP contribution in [0.1, 0.15) is 24.8 Å². The summed E-state index contributed by atoms with van der Waals surface area (Å²) >= 11 is 9.65. The first-order valence-corrected chi connectivity index (χ1v) is 7.44. The molecule has 0 N–H and O–H groups in total. The number of fused-ring (bicyclic) bond motifs is 1. The summed E-state index contributed by atoms with van der Waals surface area (Å²) in [6.07, 6.45) is 4.89. The molecule has 0 aromatic heterocycles. The molecule has 92 valence electrons. The summed E-state index contributed by atoms with van der Waals surface area (Å²) in [7, 11) is 0. The van der Waals surface area contributed by atoms with Crippen molar-refractivity contribution in [3.63, 3.8) is 0 Å². The highest BCUT2D eigenvalue weighted by atomic mass is 79.9. The molecule has 3 heteroatoms. The molecule has 0 amide bonds. The number of benzene rings is 1. The lowest BCUT2D eigenvalue weighted by Crippen LogP contribution is -2.24. The average molecular weight is 318 g/mol. The van der Waals surface area contributed by atoms with Crippen LogP contribution < -0.4 is 0 Å². The third-order valence-electron chi connectivity index (χ3n) is 4.32. The van der Waals surface area contributed by atoms with Crippen LogP contribution in [0.3, 0.4) is 0 Å². The van der Waals surface area contributed by atoms with Gasteiger partial charge in [0.25, 0.3) is 0 Å². The molecule has 0 spiro atoms. The summed E-state index contributed by atoms with van der Waals surface area (Å²) in [6.45, 7) is 0. The Morgan fingerprint density at radius 1 is 1.35 bits per heavy atom. The molecule has 0 aliphatic heterocycles. The number of hydrogen-bond donors (Lipinski definition) is 0. The third kappa shape index (κ3) is 2.26. The number of hydrogen-bond acceptors (Lipinski definition) is 0. The Balaban J connectivity index is 1.81. The predicted molar refractivity (Wildman–Crippen MR) is 71.8 cm³/mol. The van der Waals surface area contributed by atoms with Gasteiger partial charge in [-0.15, -0.1) is 11.6 Å². The fourth-order valence-corrected chi connectivity index (χ4v) is 4.18. The van der Waals surface area contributed by atoms with E-state index in [0.29, 0.717) is 0 Å². The minimum Gasteiger partial charge on any atom is -0.207 e. The van der Waals surface area contributed by atoms with E-state index in [1.165, 1.54) is 30.9 Å². The maximum Gasteiger partial charge on any atom is 0.124 e. The highest BCUT2D eigenvalue weighted by Crippen LogP contribution is 2.61. The second-order valence-electron chi connectivity index (χ2n) is 5.71. The van der Waals surface area contributed by atoms with Crippen LogP contribution in [-0.4, -0.2) is 5.88 Å². The summed E-state index contributed by atoms with van der Waals surface area (Å²) in [5.41, 5.74) is 1.45. The van der Waals surface area contributed by atoms with Gasteiger partial charge in [-0.3, -0.25) is 0 Å². The van der Waals surface area contributed by atoms with Crippen molar-refractivity contribution in [3.8, 4) is 0 Å². The summed E-state index contributed by atoms with van der Waals surface area (Å²) < 4.78 is 13.9. The molecule has 1 aromatic carbocycles. The number of alkyl halides is 1. The fourth-order valence-electron chi connectivity index (χ4n) is 3.38. The van der Waals surface area contributed by atoms with Crippen LogP contribution in [0.5, 0.6) is 0 Å². The Morgan fingerprint density at radius 2 is 2.06 bits per heavy atom. The van der Waals surface area contributed by atoms with Crippen LogP contribution >= 0.6 is 27.5 Å². The van der Waals surface area contributed by atoms with E-state index in [0.717, 1.165) is 28.6 Å². The molecule has 2 aliphatic rings. The summed E-state index contributed by atoms with van der Waals surface area (Å²) in [5, 5.41) is 0. The Labute approximate surface area is 115 Å². The first kappa shape index (κ1) is 12.0. The van der Waals surface area contributed by atoms with Gasteiger partial charge in [0.05, 0.1) is 0 Å². The van der Waals surface area contributed by atoms with Crippen LogP contribution in [0.2, 0.25) is 0 Å². The average Bonchev–Trinajstić information content (AvgIpc) is 2.91. The van der Waals surface area contributed by atoms with Crippen molar-refractivity contribution in [1.82, 2.24) is 0 Å². The largest absolute Gasteiger partial charge is 0.207 e. The van der Waals surface area contributed by atoms with E-state index in [2.05, 4.69) is 15.9 Å². The van der Waals surface area contributed by atoms with Gasteiger partial charge < -0.3 is 0 Å². The Bertz CT molecular complexity index is 436. The van der Waals surface area contributed by atoms with E-state index >= 15 is 0 Å². The molecule has 17 heavy (non-hydrogen) atoms. The fraction of sp³-hybridized carbons (Fsp3) is 0.571. The first-order valence-electron chi connectivity index (χ1n) is 6.12. The van der Waals surface area contributed by atoms with Gasteiger partial charge in [0.1, 0.15) is 5.82 Å². The zero-order valence-corrected chi connectivity index (χ0v) is 11.9. The van der Waals surface area contributed by atoms with Crippen molar-refractivity contribution in [3.05, 3.63) is 34.1 Å². The predicted octanol–water partition coefficient (Wildman–Crippen LogP) is 4.79. The maximum atomic E-state index is 13.1. The molecule has 2 unspecified atom stereocenters. The maximum absolute atomic E-state index is 13.1. The molecule has 0 heterocycles. The Morgan fingerprint density at radius 3 is 2.65 bits per heavy atom. The minimum absolute atomic E-state index is 0.185. The summed E-state index contributed by atoms with van der Waals surface area (Å²) in [4.78, 5) is 0. The monoisotopic (exact) mass is 316 g/mol. The van der Waals surface area contributed by atoms with Gasteiger partial charge in [-0.05, 0) is 60.6 Å². The van der Waals surface area contributed by atoms with Crippen molar-refractivity contribution >= 4 is 27.5 Å². The molecule has 3 rings (SSSR count). The smallest absolute Gasteiger partial charge is 0.124 e. The van der Waals surface area contributed by atoms with Gasteiger partial charge in [-0.1, -0.05) is 22.0 Å². The molecular formula is C14H15BrClF. The SMILES string of the molecule is Fc1ccc(CC2(CCl)CC3CC3C2)c(Br)c1. The van der Waals surface area contributed by atoms with Crippen LogP contribution in [0.15, 0.2) is 22.7 Å². The quantitative estimate of drug-likeness (QED) is 0.703. The molecule has 2 fully saturated rings. The molecule has 2 aliphatic carbocycles. The van der Waals surface area contributed by atoms with Crippen LogP contribution in [0.25, 0.3) is 0 Å². The third-order valence-corrected chi connectivity index (χ3v) is 5.63. The molecular weight excluding hydrogens is 303 g/mol. The van der Waals surface area contributed by atoms with Crippen LogP contribution in [0.4, 0.5) is 4.39 Å².